The minimum Gasteiger partial charge on any atom is -0.481 e. The molecule has 98 valence electrons. The lowest BCUT2D eigenvalue weighted by Gasteiger charge is -2.14. The van der Waals surface area contributed by atoms with Gasteiger partial charge in [0.25, 0.3) is 0 Å². The third-order valence-electron chi connectivity index (χ3n) is 2.15. The maximum Gasteiger partial charge on any atom is 0.352 e. The lowest BCUT2D eigenvalue weighted by Crippen LogP contribution is -2.30. The van der Waals surface area contributed by atoms with Crippen molar-refractivity contribution >= 4 is 12.0 Å². The highest BCUT2D eigenvalue weighted by Gasteiger charge is 2.29. The monoisotopic (exact) mass is 247 g/mol. The zero-order valence-electron chi connectivity index (χ0n) is 9.86. The second kappa shape index (κ2) is 6.66. The fourth-order valence-electron chi connectivity index (χ4n) is 0.951. The molecule has 1 saturated heterocycles. The molecule has 1 heterocycles. The molecule has 0 radical (unpaired) electrons. The zero-order valence-corrected chi connectivity index (χ0v) is 9.86. The number of unbranched alkanes of at least 4 members (excludes halogenated alkanes) is 1. The number of amides is 2. The Kier molecular flexibility index (Phi) is 5.94. The van der Waals surface area contributed by atoms with Crippen molar-refractivity contribution in [1.29, 1.82) is 0 Å². The van der Waals surface area contributed by atoms with Crippen molar-refractivity contribution in [2.45, 2.75) is 45.1 Å². The van der Waals surface area contributed by atoms with Gasteiger partial charge in [0.15, 0.2) is 0 Å². The van der Waals surface area contributed by atoms with Crippen molar-refractivity contribution in [2.24, 2.45) is 0 Å². The SMILES string of the molecule is CC(C)(CCCCC(=O)O)[N+](=O)[O-].O=C1NN1. The summed E-state index contributed by atoms with van der Waals surface area (Å²) < 4.78 is 0. The Labute approximate surface area is 98.5 Å². The number of aliphatic carboxylic acids is 1. The number of nitrogens with zero attached hydrogens (tertiary/aromatic N) is 1. The van der Waals surface area contributed by atoms with E-state index in [1.165, 1.54) is 0 Å². The van der Waals surface area contributed by atoms with Gasteiger partial charge in [-0.2, -0.15) is 0 Å². The number of hydrazine groups is 1. The lowest BCUT2D eigenvalue weighted by molar-refractivity contribution is -0.561. The molecule has 17 heavy (non-hydrogen) atoms. The molecule has 0 aromatic carbocycles. The van der Waals surface area contributed by atoms with E-state index in [1.807, 2.05) is 0 Å². The van der Waals surface area contributed by atoms with Crippen LogP contribution in [0.3, 0.4) is 0 Å². The topological polar surface area (TPSA) is 141 Å². The predicted molar refractivity (Wildman–Crippen MR) is 58.8 cm³/mol. The number of hydrogen-bond donors (Lipinski definition) is 3. The average Bonchev–Trinajstić information content (AvgIpc) is 2.96. The van der Waals surface area contributed by atoms with Crippen LogP contribution >= 0.6 is 0 Å². The summed E-state index contributed by atoms with van der Waals surface area (Å²) in [5.41, 5.74) is 3.48. The summed E-state index contributed by atoms with van der Waals surface area (Å²) in [4.78, 5) is 29.6. The number of urea groups is 1. The molecule has 1 aliphatic rings. The van der Waals surface area contributed by atoms with Gasteiger partial charge in [-0.3, -0.25) is 14.9 Å². The van der Waals surface area contributed by atoms with Crippen LogP contribution in [0.5, 0.6) is 0 Å². The van der Waals surface area contributed by atoms with Gasteiger partial charge in [-0.1, -0.05) is 0 Å². The quantitative estimate of drug-likeness (QED) is 0.276. The summed E-state index contributed by atoms with van der Waals surface area (Å²) >= 11 is 0. The molecule has 8 nitrogen and oxygen atoms in total. The van der Waals surface area contributed by atoms with Crippen LogP contribution < -0.4 is 10.9 Å². The molecule has 0 atom stereocenters. The molecule has 1 rings (SSSR count). The van der Waals surface area contributed by atoms with Gasteiger partial charge in [0, 0.05) is 31.6 Å². The predicted octanol–water partition coefficient (Wildman–Crippen LogP) is 0.901. The van der Waals surface area contributed by atoms with Gasteiger partial charge in [0.2, 0.25) is 5.54 Å². The Bertz CT molecular complexity index is 297. The number of nitro groups is 1. The smallest absolute Gasteiger partial charge is 0.352 e. The Morgan fingerprint density at radius 1 is 1.41 bits per heavy atom. The van der Waals surface area contributed by atoms with Crippen LogP contribution in [0.1, 0.15) is 39.5 Å². The van der Waals surface area contributed by atoms with Gasteiger partial charge in [-0.05, 0) is 12.8 Å². The minimum absolute atomic E-state index is 0.0833. The van der Waals surface area contributed by atoms with Crippen LogP contribution in [-0.4, -0.2) is 27.6 Å². The van der Waals surface area contributed by atoms with Crippen LogP contribution in [0.25, 0.3) is 0 Å². The third-order valence-corrected chi connectivity index (χ3v) is 2.15. The first kappa shape index (κ1) is 15.1. The Morgan fingerprint density at radius 3 is 2.18 bits per heavy atom. The largest absolute Gasteiger partial charge is 0.481 e. The van der Waals surface area contributed by atoms with E-state index in [2.05, 4.69) is 10.9 Å². The van der Waals surface area contributed by atoms with E-state index >= 15 is 0 Å². The van der Waals surface area contributed by atoms with Crippen LogP contribution in [0, 0.1) is 10.1 Å². The van der Waals surface area contributed by atoms with Gasteiger partial charge in [-0.25, -0.2) is 15.6 Å². The summed E-state index contributed by atoms with van der Waals surface area (Å²) in [6.07, 6.45) is 1.61. The number of carboxylic acid groups (broad SMARTS) is 1. The van der Waals surface area contributed by atoms with Gasteiger partial charge in [0.1, 0.15) is 0 Å². The molecule has 0 aliphatic carbocycles. The van der Waals surface area contributed by atoms with Gasteiger partial charge < -0.3 is 5.11 Å². The van der Waals surface area contributed by atoms with E-state index in [4.69, 9.17) is 5.11 Å². The zero-order chi connectivity index (χ0) is 13.5. The van der Waals surface area contributed by atoms with E-state index < -0.39 is 11.5 Å². The summed E-state index contributed by atoms with van der Waals surface area (Å²) in [6.45, 7) is 3.10. The highest BCUT2D eigenvalue weighted by atomic mass is 16.6. The molecule has 0 aromatic heterocycles. The summed E-state index contributed by atoms with van der Waals surface area (Å²) in [6, 6.07) is -0.0833. The molecule has 0 saturated carbocycles. The molecule has 8 heteroatoms. The molecule has 2 amide bonds. The fraction of sp³-hybridized carbons (Fsp3) is 0.778. The Balaban J connectivity index is 0.000000529. The lowest BCUT2D eigenvalue weighted by atomic mass is 9.98. The third kappa shape index (κ3) is 9.09. The fourth-order valence-corrected chi connectivity index (χ4v) is 0.951. The van der Waals surface area contributed by atoms with E-state index in [1.54, 1.807) is 13.8 Å². The first-order chi connectivity index (χ1) is 7.75. The molecule has 1 aliphatic heterocycles. The Morgan fingerprint density at radius 2 is 1.88 bits per heavy atom. The molecular formula is C9H17N3O5. The maximum atomic E-state index is 10.4. The van der Waals surface area contributed by atoms with E-state index in [-0.39, 0.29) is 17.4 Å². The van der Waals surface area contributed by atoms with Crippen molar-refractivity contribution in [2.75, 3.05) is 0 Å². The number of nitrogens with one attached hydrogen (secondary N) is 2. The standard InChI is InChI=1S/C8H15NO4.CH2N2O/c1-8(2,9(12)13)6-4-3-5-7(10)11;4-1-2-3-1/h3-6H2,1-2H3,(H,10,11);(H2,2,3,4). The summed E-state index contributed by atoms with van der Waals surface area (Å²) in [5, 5.41) is 18.8. The van der Waals surface area contributed by atoms with Gasteiger partial charge in [-0.15, -0.1) is 0 Å². The van der Waals surface area contributed by atoms with Crippen molar-refractivity contribution in [3.05, 3.63) is 10.1 Å². The highest BCUT2D eigenvalue weighted by Crippen LogP contribution is 2.17. The van der Waals surface area contributed by atoms with E-state index in [9.17, 15) is 19.7 Å². The molecular weight excluding hydrogens is 230 g/mol. The van der Waals surface area contributed by atoms with Crippen molar-refractivity contribution in [3.8, 4) is 0 Å². The molecule has 3 N–H and O–H groups in total. The number of carbonyl (C=O) groups excluding carboxylic acids is 1. The first-order valence-corrected chi connectivity index (χ1v) is 5.18. The maximum absolute atomic E-state index is 10.4. The normalized spacial score (nSPS) is 12.7. The molecule has 1 fully saturated rings. The second-order valence-electron chi connectivity index (χ2n) is 4.25. The number of carboxylic acids is 1. The molecule has 0 unspecified atom stereocenters. The Hall–Kier alpha value is -1.86. The minimum atomic E-state index is -0.932. The van der Waals surface area contributed by atoms with Crippen molar-refractivity contribution in [1.82, 2.24) is 10.9 Å². The van der Waals surface area contributed by atoms with Crippen LogP contribution in [-0.2, 0) is 4.79 Å². The number of carbonyl (C=O) groups is 2. The van der Waals surface area contributed by atoms with Crippen molar-refractivity contribution in [3.63, 3.8) is 0 Å². The highest BCUT2D eigenvalue weighted by molar-refractivity contribution is 5.85. The van der Waals surface area contributed by atoms with Gasteiger partial charge >= 0.3 is 12.0 Å². The van der Waals surface area contributed by atoms with Crippen LogP contribution in [0.2, 0.25) is 0 Å². The van der Waals surface area contributed by atoms with E-state index in [0.717, 1.165) is 0 Å². The summed E-state index contributed by atoms with van der Waals surface area (Å²) in [7, 11) is 0. The average molecular weight is 247 g/mol. The van der Waals surface area contributed by atoms with Gasteiger partial charge in [0.05, 0.1) is 0 Å². The van der Waals surface area contributed by atoms with Crippen LogP contribution in [0.15, 0.2) is 0 Å². The second-order valence-corrected chi connectivity index (χ2v) is 4.25. The first-order valence-electron chi connectivity index (χ1n) is 5.18. The number of hydrogen-bond acceptors (Lipinski definition) is 4. The molecule has 0 spiro atoms. The van der Waals surface area contributed by atoms with E-state index in [0.29, 0.717) is 19.3 Å². The number of rotatable bonds is 6. The summed E-state index contributed by atoms with van der Waals surface area (Å²) in [5.74, 6) is -0.848. The van der Waals surface area contributed by atoms with Crippen molar-refractivity contribution < 1.29 is 19.6 Å². The molecule has 0 aromatic rings. The molecule has 0 bridgehead atoms. The van der Waals surface area contributed by atoms with Crippen LogP contribution in [0.4, 0.5) is 4.79 Å².